The zero-order valence-electron chi connectivity index (χ0n) is 11.1. The fraction of sp³-hybridized carbons (Fsp3) is 0.250. The van der Waals surface area contributed by atoms with E-state index in [4.69, 9.17) is 4.74 Å². The molecule has 0 aliphatic carbocycles. The van der Waals surface area contributed by atoms with Gasteiger partial charge in [-0.3, -0.25) is 0 Å². The number of aliphatic hydroxyl groups is 2. The number of aryl methyl sites for hydroxylation is 1. The molecule has 0 radical (unpaired) electrons. The van der Waals surface area contributed by atoms with Gasteiger partial charge in [-0.25, -0.2) is 0 Å². The summed E-state index contributed by atoms with van der Waals surface area (Å²) in [6, 6.07) is 13.1. The summed E-state index contributed by atoms with van der Waals surface area (Å²) in [5.74, 6) is 0.589. The topological polar surface area (TPSA) is 49.7 Å². The van der Waals surface area contributed by atoms with Crippen molar-refractivity contribution >= 4 is 0 Å². The van der Waals surface area contributed by atoms with Crippen LogP contribution in [0.25, 0.3) is 0 Å². The van der Waals surface area contributed by atoms with E-state index >= 15 is 0 Å². The van der Waals surface area contributed by atoms with E-state index in [0.29, 0.717) is 11.3 Å². The van der Waals surface area contributed by atoms with Crippen LogP contribution in [0.1, 0.15) is 28.4 Å². The van der Waals surface area contributed by atoms with Crippen molar-refractivity contribution in [3.05, 3.63) is 64.7 Å². The molecule has 0 saturated heterocycles. The Bertz CT molecular complexity index is 546. The van der Waals surface area contributed by atoms with Gasteiger partial charge in [0.25, 0.3) is 0 Å². The molecule has 2 aromatic rings. The third-order valence-electron chi connectivity index (χ3n) is 3.19. The van der Waals surface area contributed by atoms with Crippen molar-refractivity contribution in [2.75, 3.05) is 7.11 Å². The van der Waals surface area contributed by atoms with Crippen LogP contribution in [0.2, 0.25) is 0 Å². The molecular weight excluding hydrogens is 240 g/mol. The average Bonchev–Trinajstić information content (AvgIpc) is 2.46. The zero-order valence-corrected chi connectivity index (χ0v) is 11.1. The van der Waals surface area contributed by atoms with Gasteiger partial charge in [0.15, 0.2) is 0 Å². The molecule has 0 aliphatic heterocycles. The van der Waals surface area contributed by atoms with Gasteiger partial charge >= 0.3 is 0 Å². The summed E-state index contributed by atoms with van der Waals surface area (Å²) in [5.41, 5.74) is 3.45. The fourth-order valence-electron chi connectivity index (χ4n) is 2.00. The number of aliphatic hydroxyl groups excluding tert-OH is 2. The van der Waals surface area contributed by atoms with E-state index in [0.717, 1.165) is 16.7 Å². The number of methoxy groups -OCH3 is 1. The van der Waals surface area contributed by atoms with Crippen LogP contribution in [0.3, 0.4) is 0 Å². The van der Waals surface area contributed by atoms with Gasteiger partial charge in [0.1, 0.15) is 11.9 Å². The first-order chi connectivity index (χ1) is 9.15. The molecule has 0 saturated carbocycles. The van der Waals surface area contributed by atoms with E-state index in [-0.39, 0.29) is 6.61 Å². The van der Waals surface area contributed by atoms with Gasteiger partial charge < -0.3 is 14.9 Å². The molecule has 0 fully saturated rings. The lowest BCUT2D eigenvalue weighted by molar-refractivity contribution is 0.219. The first-order valence-electron chi connectivity index (χ1n) is 6.18. The first kappa shape index (κ1) is 13.6. The number of ether oxygens (including phenoxy) is 1. The van der Waals surface area contributed by atoms with Crippen LogP contribution in [0.15, 0.2) is 42.5 Å². The maximum atomic E-state index is 10.3. The second-order valence-corrected chi connectivity index (χ2v) is 4.54. The highest BCUT2D eigenvalue weighted by Gasteiger charge is 2.12. The lowest BCUT2D eigenvalue weighted by atomic mass is 9.99. The summed E-state index contributed by atoms with van der Waals surface area (Å²) in [6.45, 7) is 1.93. The monoisotopic (exact) mass is 258 g/mol. The number of rotatable bonds is 4. The van der Waals surface area contributed by atoms with Crippen LogP contribution in [0.5, 0.6) is 5.75 Å². The summed E-state index contributed by atoms with van der Waals surface area (Å²) in [5, 5.41) is 19.5. The number of hydrogen-bond acceptors (Lipinski definition) is 3. The highest BCUT2D eigenvalue weighted by molar-refractivity contribution is 5.41. The summed E-state index contributed by atoms with van der Waals surface area (Å²) in [6.07, 6.45) is -0.692. The Balaban J connectivity index is 2.33. The molecule has 2 aromatic carbocycles. The van der Waals surface area contributed by atoms with Crippen molar-refractivity contribution in [3.63, 3.8) is 0 Å². The molecule has 0 heterocycles. The van der Waals surface area contributed by atoms with Crippen LogP contribution in [-0.4, -0.2) is 17.3 Å². The van der Waals surface area contributed by atoms with E-state index in [2.05, 4.69) is 0 Å². The quantitative estimate of drug-likeness (QED) is 0.886. The highest BCUT2D eigenvalue weighted by atomic mass is 16.5. The van der Waals surface area contributed by atoms with Crippen molar-refractivity contribution in [2.45, 2.75) is 19.6 Å². The van der Waals surface area contributed by atoms with E-state index in [9.17, 15) is 10.2 Å². The minimum atomic E-state index is -0.692. The zero-order chi connectivity index (χ0) is 13.8. The molecule has 3 heteroatoms. The Labute approximate surface area is 113 Å². The lowest BCUT2D eigenvalue weighted by Gasteiger charge is -2.14. The van der Waals surface area contributed by atoms with Crippen LogP contribution >= 0.6 is 0 Å². The van der Waals surface area contributed by atoms with E-state index < -0.39 is 6.10 Å². The third kappa shape index (κ3) is 2.95. The van der Waals surface area contributed by atoms with Crippen LogP contribution in [0, 0.1) is 6.92 Å². The van der Waals surface area contributed by atoms with Gasteiger partial charge in [-0.15, -0.1) is 0 Å². The van der Waals surface area contributed by atoms with Crippen LogP contribution in [0.4, 0.5) is 0 Å². The van der Waals surface area contributed by atoms with E-state index in [1.54, 1.807) is 25.3 Å². The first-order valence-corrected chi connectivity index (χ1v) is 6.18. The summed E-state index contributed by atoms with van der Waals surface area (Å²) >= 11 is 0. The summed E-state index contributed by atoms with van der Waals surface area (Å²) < 4.78 is 5.21. The lowest BCUT2D eigenvalue weighted by Crippen LogP contribution is -2.01. The van der Waals surface area contributed by atoms with Crippen molar-refractivity contribution in [2.24, 2.45) is 0 Å². The van der Waals surface area contributed by atoms with Gasteiger partial charge in [-0.05, 0) is 24.1 Å². The Morgan fingerprint density at radius 2 is 1.68 bits per heavy atom. The molecule has 2 rings (SSSR count). The number of hydrogen-bond donors (Lipinski definition) is 2. The van der Waals surface area contributed by atoms with Gasteiger partial charge in [0, 0.05) is 5.56 Å². The minimum Gasteiger partial charge on any atom is -0.496 e. The summed E-state index contributed by atoms with van der Waals surface area (Å²) in [7, 11) is 1.55. The van der Waals surface area contributed by atoms with Crippen molar-refractivity contribution < 1.29 is 14.9 Å². The van der Waals surface area contributed by atoms with E-state index in [1.807, 2.05) is 31.2 Å². The molecule has 0 bridgehead atoms. The highest BCUT2D eigenvalue weighted by Crippen LogP contribution is 2.27. The molecule has 2 N–H and O–H groups in total. The van der Waals surface area contributed by atoms with Crippen LogP contribution in [-0.2, 0) is 6.61 Å². The largest absolute Gasteiger partial charge is 0.496 e. The Morgan fingerprint density at radius 3 is 2.26 bits per heavy atom. The van der Waals surface area contributed by atoms with Crippen molar-refractivity contribution in [3.8, 4) is 5.75 Å². The molecule has 0 aromatic heterocycles. The average molecular weight is 258 g/mol. The molecule has 100 valence electrons. The molecule has 0 amide bonds. The predicted octanol–water partition coefficient (Wildman–Crippen LogP) is 2.58. The fourth-order valence-corrected chi connectivity index (χ4v) is 2.00. The molecular formula is C16H18O3. The predicted molar refractivity (Wildman–Crippen MR) is 74.2 cm³/mol. The van der Waals surface area contributed by atoms with E-state index in [1.165, 1.54) is 0 Å². The third-order valence-corrected chi connectivity index (χ3v) is 3.19. The van der Waals surface area contributed by atoms with Crippen LogP contribution < -0.4 is 4.74 Å². The molecule has 1 unspecified atom stereocenters. The van der Waals surface area contributed by atoms with Gasteiger partial charge in [0.2, 0.25) is 0 Å². The van der Waals surface area contributed by atoms with Gasteiger partial charge in [-0.2, -0.15) is 0 Å². The normalized spacial score (nSPS) is 12.2. The molecule has 0 spiro atoms. The van der Waals surface area contributed by atoms with Gasteiger partial charge in [0.05, 0.1) is 13.7 Å². The number of benzene rings is 2. The summed E-state index contributed by atoms with van der Waals surface area (Å²) in [4.78, 5) is 0. The molecule has 0 aliphatic rings. The second-order valence-electron chi connectivity index (χ2n) is 4.54. The Kier molecular flexibility index (Phi) is 4.20. The SMILES string of the molecule is COc1cc(C(O)c2ccc(C)cc2)ccc1CO. The molecule has 3 nitrogen and oxygen atoms in total. The smallest absolute Gasteiger partial charge is 0.124 e. The van der Waals surface area contributed by atoms with Crippen molar-refractivity contribution in [1.29, 1.82) is 0 Å². The Hall–Kier alpha value is -1.84. The standard InChI is InChI=1S/C16H18O3/c1-11-3-5-12(6-4-11)16(18)13-7-8-14(10-17)15(9-13)19-2/h3-9,16-18H,10H2,1-2H3. The van der Waals surface area contributed by atoms with Gasteiger partial charge in [-0.1, -0.05) is 42.0 Å². The molecule has 1 atom stereocenters. The maximum absolute atomic E-state index is 10.3. The maximum Gasteiger partial charge on any atom is 0.124 e. The molecule has 19 heavy (non-hydrogen) atoms. The second kappa shape index (κ2) is 5.87. The van der Waals surface area contributed by atoms with Crippen molar-refractivity contribution in [1.82, 2.24) is 0 Å². The minimum absolute atomic E-state index is 0.0793. The Morgan fingerprint density at radius 1 is 1.05 bits per heavy atom.